The van der Waals surface area contributed by atoms with Crippen LogP contribution in [0.15, 0.2) is 4.99 Å². The third-order valence-electron chi connectivity index (χ3n) is 2.40. The van der Waals surface area contributed by atoms with Crippen LogP contribution in [0.2, 0.25) is 0 Å². The molecule has 5 heteroatoms. The molecule has 1 unspecified atom stereocenters. The summed E-state index contributed by atoms with van der Waals surface area (Å²) in [5.41, 5.74) is 5.62. The van der Waals surface area contributed by atoms with E-state index in [2.05, 4.69) is 4.99 Å². The lowest BCUT2D eigenvalue weighted by atomic mass is 10.1. The van der Waals surface area contributed by atoms with Crippen molar-refractivity contribution in [3.05, 3.63) is 0 Å². The number of nitrogens with zero attached hydrogens (tertiary/aromatic N) is 2. The Hall–Kier alpha value is -0.810. The Labute approximate surface area is 97.3 Å². The van der Waals surface area contributed by atoms with E-state index in [0.29, 0.717) is 19.0 Å². The third-order valence-corrected chi connectivity index (χ3v) is 2.40. The number of aliphatic hydroxyl groups excluding tert-OH is 1. The fraction of sp³-hybridized carbons (Fsp3) is 0.909. The molecule has 0 bridgehead atoms. The second-order valence-corrected chi connectivity index (χ2v) is 5.14. The number of aliphatic imine (C=N–C) groups is 1. The first-order valence-corrected chi connectivity index (χ1v) is 5.71. The molecule has 94 valence electrons. The lowest BCUT2D eigenvalue weighted by molar-refractivity contribution is -0.135. The summed E-state index contributed by atoms with van der Waals surface area (Å²) in [7, 11) is 0. The first-order chi connectivity index (χ1) is 7.34. The van der Waals surface area contributed by atoms with E-state index in [9.17, 15) is 5.11 Å². The first kappa shape index (κ1) is 13.3. The summed E-state index contributed by atoms with van der Waals surface area (Å²) in [6, 6.07) is 0.179. The Bertz CT molecular complexity index is 264. The smallest absolute Gasteiger partial charge is 0.191 e. The van der Waals surface area contributed by atoms with Gasteiger partial charge in [0.25, 0.3) is 0 Å². The molecule has 5 nitrogen and oxygen atoms in total. The van der Waals surface area contributed by atoms with E-state index in [1.807, 2.05) is 32.6 Å². The van der Waals surface area contributed by atoms with Gasteiger partial charge in [-0.05, 0) is 27.7 Å². The van der Waals surface area contributed by atoms with Gasteiger partial charge in [-0.2, -0.15) is 0 Å². The summed E-state index contributed by atoms with van der Waals surface area (Å²) in [5, 5.41) is 9.17. The molecule has 1 aliphatic heterocycles. The lowest BCUT2D eigenvalue weighted by Crippen LogP contribution is -2.57. The van der Waals surface area contributed by atoms with E-state index in [0.717, 1.165) is 0 Å². The molecule has 1 heterocycles. The fourth-order valence-electron chi connectivity index (χ4n) is 1.91. The molecular weight excluding hydrogens is 206 g/mol. The predicted molar refractivity (Wildman–Crippen MR) is 64.4 cm³/mol. The highest BCUT2D eigenvalue weighted by Gasteiger charge is 2.33. The van der Waals surface area contributed by atoms with Crippen LogP contribution in [-0.2, 0) is 4.74 Å². The number of hydrogen-bond acceptors (Lipinski definition) is 3. The molecule has 0 spiro atoms. The normalized spacial score (nSPS) is 26.2. The zero-order valence-electron chi connectivity index (χ0n) is 10.6. The number of ether oxygens (including phenoxy) is 1. The molecule has 1 atom stereocenters. The molecule has 0 aliphatic carbocycles. The van der Waals surface area contributed by atoms with Gasteiger partial charge in [-0.25, -0.2) is 0 Å². The summed E-state index contributed by atoms with van der Waals surface area (Å²) < 4.78 is 5.71. The van der Waals surface area contributed by atoms with Crippen LogP contribution in [0.5, 0.6) is 0 Å². The van der Waals surface area contributed by atoms with Crippen LogP contribution >= 0.6 is 0 Å². The average molecular weight is 229 g/mol. The topological polar surface area (TPSA) is 71.1 Å². The van der Waals surface area contributed by atoms with E-state index in [1.54, 1.807) is 0 Å². The molecule has 3 N–H and O–H groups in total. The van der Waals surface area contributed by atoms with Crippen molar-refractivity contribution in [3.63, 3.8) is 0 Å². The van der Waals surface area contributed by atoms with Gasteiger partial charge in [0.15, 0.2) is 5.96 Å². The van der Waals surface area contributed by atoms with Crippen LogP contribution < -0.4 is 5.73 Å². The molecule has 0 amide bonds. The molecule has 16 heavy (non-hydrogen) atoms. The van der Waals surface area contributed by atoms with Gasteiger partial charge in [0.05, 0.1) is 18.3 Å². The van der Waals surface area contributed by atoms with Crippen molar-refractivity contribution >= 4 is 5.96 Å². The lowest BCUT2D eigenvalue weighted by Gasteiger charge is -2.42. The minimum atomic E-state index is -0.303. The summed E-state index contributed by atoms with van der Waals surface area (Å²) in [6.07, 6.45) is -0.190. The number of aliphatic hydroxyl groups is 1. The number of rotatable bonds is 2. The summed E-state index contributed by atoms with van der Waals surface area (Å²) in [4.78, 5) is 6.30. The van der Waals surface area contributed by atoms with E-state index in [4.69, 9.17) is 10.5 Å². The molecule has 0 aromatic heterocycles. The highest BCUT2D eigenvalue weighted by Crippen LogP contribution is 2.20. The molecule has 0 radical (unpaired) electrons. The maximum atomic E-state index is 9.17. The highest BCUT2D eigenvalue weighted by atomic mass is 16.5. The Balaban J connectivity index is 2.73. The van der Waals surface area contributed by atoms with Crippen molar-refractivity contribution < 1.29 is 9.84 Å². The molecular formula is C11H23N3O2. The minimum absolute atomic E-state index is 0.00882. The SMILES string of the molecule is CC(C)N=C(N)N1CC(CO)OC(C)(C)C1. The van der Waals surface area contributed by atoms with Crippen LogP contribution in [0, 0.1) is 0 Å². The third kappa shape index (κ3) is 3.64. The van der Waals surface area contributed by atoms with Crippen LogP contribution in [0.1, 0.15) is 27.7 Å². The largest absolute Gasteiger partial charge is 0.394 e. The maximum Gasteiger partial charge on any atom is 0.191 e. The molecule has 1 fully saturated rings. The van der Waals surface area contributed by atoms with Crippen molar-refractivity contribution in [1.29, 1.82) is 0 Å². The molecule has 1 aliphatic rings. The Morgan fingerprint density at radius 3 is 2.75 bits per heavy atom. The maximum absolute atomic E-state index is 9.17. The van der Waals surface area contributed by atoms with Crippen LogP contribution in [0.4, 0.5) is 0 Å². The monoisotopic (exact) mass is 229 g/mol. The van der Waals surface area contributed by atoms with Crippen molar-refractivity contribution in [1.82, 2.24) is 4.90 Å². The minimum Gasteiger partial charge on any atom is -0.394 e. The summed E-state index contributed by atoms with van der Waals surface area (Å²) >= 11 is 0. The predicted octanol–water partition coefficient (Wildman–Crippen LogP) is 0.181. The number of nitrogens with two attached hydrogens (primary N) is 1. The number of hydrogen-bond donors (Lipinski definition) is 2. The van der Waals surface area contributed by atoms with Gasteiger partial charge < -0.3 is 20.5 Å². The van der Waals surface area contributed by atoms with Crippen LogP contribution in [-0.4, -0.2) is 53.4 Å². The second-order valence-electron chi connectivity index (χ2n) is 5.14. The fourth-order valence-corrected chi connectivity index (χ4v) is 1.91. The van der Waals surface area contributed by atoms with E-state index in [1.165, 1.54) is 0 Å². The van der Waals surface area contributed by atoms with Crippen molar-refractivity contribution in [2.75, 3.05) is 19.7 Å². The Morgan fingerprint density at radius 1 is 1.62 bits per heavy atom. The van der Waals surface area contributed by atoms with Gasteiger partial charge in [-0.15, -0.1) is 0 Å². The molecule has 1 rings (SSSR count). The standard InChI is InChI=1S/C11H23N3O2/c1-8(2)13-10(12)14-5-9(6-15)16-11(3,4)7-14/h8-9,15H,5-7H2,1-4H3,(H2,12,13). The van der Waals surface area contributed by atoms with E-state index in [-0.39, 0.29) is 24.4 Å². The average Bonchev–Trinajstić information content (AvgIpc) is 2.14. The number of morpholine rings is 1. The molecule has 1 saturated heterocycles. The summed E-state index contributed by atoms with van der Waals surface area (Å²) in [6.45, 7) is 9.27. The second kappa shape index (κ2) is 5.01. The molecule has 0 aromatic rings. The molecule has 0 saturated carbocycles. The zero-order chi connectivity index (χ0) is 12.3. The van der Waals surface area contributed by atoms with Gasteiger partial charge in [0, 0.05) is 19.1 Å². The molecule has 0 aromatic carbocycles. The van der Waals surface area contributed by atoms with Crippen molar-refractivity contribution in [2.24, 2.45) is 10.7 Å². The Kier molecular flexibility index (Phi) is 4.15. The van der Waals surface area contributed by atoms with Crippen LogP contribution in [0.3, 0.4) is 0 Å². The first-order valence-electron chi connectivity index (χ1n) is 5.71. The summed E-state index contributed by atoms with van der Waals surface area (Å²) in [5.74, 6) is 0.532. The van der Waals surface area contributed by atoms with E-state index < -0.39 is 0 Å². The van der Waals surface area contributed by atoms with E-state index >= 15 is 0 Å². The van der Waals surface area contributed by atoms with Crippen LogP contribution in [0.25, 0.3) is 0 Å². The van der Waals surface area contributed by atoms with Gasteiger partial charge in [0.2, 0.25) is 0 Å². The van der Waals surface area contributed by atoms with Gasteiger partial charge >= 0.3 is 0 Å². The van der Waals surface area contributed by atoms with Crippen molar-refractivity contribution in [2.45, 2.75) is 45.4 Å². The number of guanidine groups is 1. The highest BCUT2D eigenvalue weighted by molar-refractivity contribution is 5.78. The van der Waals surface area contributed by atoms with Gasteiger partial charge in [-0.3, -0.25) is 4.99 Å². The zero-order valence-corrected chi connectivity index (χ0v) is 10.6. The Morgan fingerprint density at radius 2 is 2.25 bits per heavy atom. The van der Waals surface area contributed by atoms with Gasteiger partial charge in [0.1, 0.15) is 0 Å². The quantitative estimate of drug-likeness (QED) is 0.523. The van der Waals surface area contributed by atoms with Gasteiger partial charge in [-0.1, -0.05) is 0 Å². The van der Waals surface area contributed by atoms with Crippen molar-refractivity contribution in [3.8, 4) is 0 Å².